The number of aromatic amines is 1. The van der Waals surface area contributed by atoms with Crippen LogP contribution in [0.15, 0.2) is 102 Å². The van der Waals surface area contributed by atoms with Crippen LogP contribution in [0.2, 0.25) is 0 Å². The molecule has 2 saturated heterocycles. The number of likely N-dealkylation sites (tertiary alicyclic amines) is 2. The maximum atomic E-state index is 14.1. The van der Waals surface area contributed by atoms with Crippen molar-refractivity contribution in [2.24, 2.45) is 11.3 Å². The molecule has 6 aromatic rings. The number of aromatic nitrogens is 3. The van der Waals surface area contributed by atoms with Gasteiger partial charge >= 0.3 is 0 Å². The summed E-state index contributed by atoms with van der Waals surface area (Å²) >= 11 is 2.85. The summed E-state index contributed by atoms with van der Waals surface area (Å²) < 4.78 is 0. The van der Waals surface area contributed by atoms with Crippen LogP contribution in [0, 0.1) is 18.3 Å². The molecule has 3 aromatic heterocycles. The number of carbonyl (C=O) groups excluding carboxylic acids is 6. The summed E-state index contributed by atoms with van der Waals surface area (Å²) in [6.45, 7) is 8.56. The number of aryl methyl sites for hydroxylation is 1. The monoisotopic (exact) mass is 984 g/mol. The molecule has 17 nitrogen and oxygen atoms in total. The molecule has 0 bridgehead atoms. The molecule has 6 amide bonds. The van der Waals surface area contributed by atoms with Crippen molar-refractivity contribution >= 4 is 63.2 Å². The Morgan fingerprint density at radius 1 is 0.814 bits per heavy atom. The van der Waals surface area contributed by atoms with E-state index in [0.717, 1.165) is 44.0 Å². The number of β-amino-alcohol motifs (C(OH)–C–C–N with tert-alkyl or cyclic N) is 1. The van der Waals surface area contributed by atoms with Crippen LogP contribution in [0.4, 0.5) is 5.13 Å². The number of hydrogen-bond acceptors (Lipinski definition) is 12. The van der Waals surface area contributed by atoms with E-state index in [2.05, 4.69) is 41.5 Å². The van der Waals surface area contributed by atoms with Gasteiger partial charge in [-0.3, -0.25) is 33.7 Å². The van der Waals surface area contributed by atoms with Gasteiger partial charge in [0.25, 0.3) is 5.91 Å². The molecule has 0 aliphatic carbocycles. The van der Waals surface area contributed by atoms with E-state index in [1.165, 1.54) is 16.2 Å². The van der Waals surface area contributed by atoms with Crippen LogP contribution in [0.1, 0.15) is 54.4 Å². The molecule has 0 unspecified atom stereocenters. The van der Waals surface area contributed by atoms with Crippen LogP contribution in [0.25, 0.3) is 32.8 Å². The van der Waals surface area contributed by atoms with Crippen molar-refractivity contribution in [2.45, 2.75) is 65.4 Å². The lowest BCUT2D eigenvalue weighted by Crippen LogP contribution is -2.60. The second-order valence-corrected chi connectivity index (χ2v) is 20.4. The summed E-state index contributed by atoms with van der Waals surface area (Å²) in [5, 5.41) is 27.1. The molecule has 0 radical (unpaired) electrons. The molecular weight excluding hydrogens is 929 g/mol. The highest BCUT2D eigenvalue weighted by Gasteiger charge is 2.45. The predicted octanol–water partition coefficient (Wildman–Crippen LogP) is 4.96. The highest BCUT2D eigenvalue weighted by molar-refractivity contribution is 7.14. The van der Waals surface area contributed by atoms with E-state index >= 15 is 0 Å². The Bertz CT molecular complexity index is 2850. The average Bonchev–Trinajstić information content (AvgIpc) is 4.18. The van der Waals surface area contributed by atoms with E-state index in [9.17, 15) is 33.9 Å². The molecule has 2 aliphatic heterocycles. The first-order chi connectivity index (χ1) is 33.6. The van der Waals surface area contributed by atoms with Gasteiger partial charge in [-0.1, -0.05) is 81.4 Å². The highest BCUT2D eigenvalue weighted by Crippen LogP contribution is 2.31. The summed E-state index contributed by atoms with van der Waals surface area (Å²) in [5.41, 5.74) is 8.76. The Balaban J connectivity index is 0.783. The zero-order valence-corrected chi connectivity index (χ0v) is 40.9. The first-order valence-corrected chi connectivity index (χ1v) is 24.7. The van der Waals surface area contributed by atoms with Gasteiger partial charge in [0.1, 0.15) is 12.1 Å². The third-order valence-electron chi connectivity index (χ3n) is 12.3. The second kappa shape index (κ2) is 21.7. The lowest BCUT2D eigenvalue weighted by atomic mass is 9.85. The van der Waals surface area contributed by atoms with Gasteiger partial charge in [0.05, 0.1) is 52.5 Å². The number of hydrogen-bond donors (Lipinski definition) is 7. The summed E-state index contributed by atoms with van der Waals surface area (Å²) in [6.07, 6.45) is 2.38. The van der Waals surface area contributed by atoms with Crippen molar-refractivity contribution in [3.63, 3.8) is 0 Å². The Labute approximate surface area is 413 Å². The van der Waals surface area contributed by atoms with Crippen LogP contribution >= 0.6 is 22.7 Å². The highest BCUT2D eigenvalue weighted by atomic mass is 32.1. The van der Waals surface area contributed by atoms with Crippen LogP contribution in [0.5, 0.6) is 0 Å². The second-order valence-electron chi connectivity index (χ2n) is 18.7. The zero-order valence-electron chi connectivity index (χ0n) is 39.3. The van der Waals surface area contributed by atoms with Crippen LogP contribution in [0.3, 0.4) is 0 Å². The van der Waals surface area contributed by atoms with Crippen LogP contribution in [-0.4, -0.2) is 116 Å². The number of amides is 6. The first-order valence-electron chi connectivity index (χ1n) is 23.0. The number of nitrogens with one attached hydrogen (secondary N) is 6. The first kappa shape index (κ1) is 49.4. The molecule has 3 atom stereocenters. The fourth-order valence-corrected chi connectivity index (χ4v) is 10.0. The fourth-order valence-electron chi connectivity index (χ4n) is 8.46. The number of nitrogens with zero attached hydrogens (tertiary/aromatic N) is 4. The van der Waals surface area contributed by atoms with Gasteiger partial charge < -0.3 is 41.6 Å². The molecule has 7 N–H and O–H groups in total. The number of anilines is 1. The van der Waals surface area contributed by atoms with Crippen molar-refractivity contribution < 1.29 is 33.9 Å². The Hall–Kier alpha value is -7.06. The SMILES string of the molecule is Cc1ncsc1-c1ccc(CNC(=O)[C@@H]2C[C@@H](O)CN2C(=O)[C@@H](NC(=O)CN2CC(C(=O)NCc3cccc(-c4cccc(-c5csc(NC(=O)CNC(=O)c6cc[nH]c6)n5)c4)c3)C2)C(C)(C)C)cc1. The molecule has 2 fully saturated rings. The van der Waals surface area contributed by atoms with E-state index in [0.29, 0.717) is 36.0 Å². The molecule has 2 aliphatic rings. The molecule has 0 spiro atoms. The van der Waals surface area contributed by atoms with Gasteiger partial charge in [-0.15, -0.1) is 22.7 Å². The lowest BCUT2D eigenvalue weighted by Gasteiger charge is -2.39. The molecule has 0 saturated carbocycles. The topological polar surface area (TPSA) is 231 Å². The molecule has 3 aromatic carbocycles. The van der Waals surface area contributed by atoms with E-state index in [4.69, 9.17) is 0 Å². The number of aliphatic hydroxyl groups is 1. The number of benzene rings is 3. The predicted molar refractivity (Wildman–Crippen MR) is 268 cm³/mol. The Morgan fingerprint density at radius 2 is 1.53 bits per heavy atom. The maximum Gasteiger partial charge on any atom is 0.253 e. The summed E-state index contributed by atoms with van der Waals surface area (Å²) in [5.74, 6) is -2.38. The number of rotatable bonds is 17. The average molecular weight is 985 g/mol. The molecule has 364 valence electrons. The quantitative estimate of drug-likeness (QED) is 0.0650. The van der Waals surface area contributed by atoms with Crippen molar-refractivity contribution in [1.29, 1.82) is 0 Å². The van der Waals surface area contributed by atoms with Crippen molar-refractivity contribution in [2.75, 3.05) is 38.0 Å². The lowest BCUT2D eigenvalue weighted by molar-refractivity contribution is -0.144. The summed E-state index contributed by atoms with van der Waals surface area (Å²) in [4.78, 5) is 95.0. The normalized spacial score (nSPS) is 16.5. The number of carbonyl (C=O) groups is 6. The van der Waals surface area contributed by atoms with Gasteiger partial charge in [0, 0.05) is 62.5 Å². The van der Waals surface area contributed by atoms with E-state index in [-0.39, 0.29) is 62.1 Å². The third kappa shape index (κ3) is 12.2. The molecule has 19 heteroatoms. The molecule has 8 rings (SSSR count). The van der Waals surface area contributed by atoms with Gasteiger partial charge in [0.15, 0.2) is 5.13 Å². The fraction of sp³-hybridized carbons (Fsp3) is 0.333. The van der Waals surface area contributed by atoms with E-state index in [1.54, 1.807) is 29.8 Å². The zero-order chi connectivity index (χ0) is 49.5. The summed E-state index contributed by atoms with van der Waals surface area (Å²) in [6, 6.07) is 23.3. The Kier molecular flexibility index (Phi) is 15.3. The largest absolute Gasteiger partial charge is 0.391 e. The minimum Gasteiger partial charge on any atom is -0.391 e. The number of thiazole rings is 2. The minimum atomic E-state index is -0.968. The van der Waals surface area contributed by atoms with Gasteiger partial charge in [-0.2, -0.15) is 0 Å². The maximum absolute atomic E-state index is 14.1. The van der Waals surface area contributed by atoms with Crippen molar-refractivity contribution in [3.05, 3.63) is 125 Å². The van der Waals surface area contributed by atoms with Gasteiger partial charge in [-0.25, -0.2) is 9.97 Å². The van der Waals surface area contributed by atoms with E-state index in [1.807, 2.05) is 116 Å². The third-order valence-corrected chi connectivity index (χ3v) is 14.0. The molecule has 5 heterocycles. The van der Waals surface area contributed by atoms with Crippen LogP contribution in [-0.2, 0) is 37.1 Å². The van der Waals surface area contributed by atoms with E-state index < -0.39 is 35.4 Å². The van der Waals surface area contributed by atoms with Crippen LogP contribution < -0.4 is 26.6 Å². The Morgan fingerprint density at radius 3 is 2.24 bits per heavy atom. The van der Waals surface area contributed by atoms with Crippen molar-refractivity contribution in [3.8, 4) is 32.8 Å². The molecule has 70 heavy (non-hydrogen) atoms. The van der Waals surface area contributed by atoms with Gasteiger partial charge in [0.2, 0.25) is 29.5 Å². The van der Waals surface area contributed by atoms with Crippen molar-refractivity contribution in [1.82, 2.24) is 46.0 Å². The standard InChI is InChI=1S/C51H56N10O7S2/c1-30-44(70-29-56-30)33-13-11-31(12-14-33)20-54-48(67)41-19-39(62)26-61(41)49(68)45(51(2,3)4)58-43(64)27-60-24-38(25-60)47(66)53-21-32-7-5-8-34(17-32)35-9-6-10-36(18-35)40-28-69-50(57-40)59-42(63)23-55-46(65)37-15-16-52-22-37/h5-18,22,28-29,38-39,41,45,52,62H,19-21,23-27H2,1-4H3,(H,53,66)(H,54,67)(H,55,65)(H,58,64)(H,57,59,63)/t39-,41+,45-/m1/s1. The minimum absolute atomic E-state index is 0.00966. The smallest absolute Gasteiger partial charge is 0.253 e. The molecular formula is C51H56N10O7S2. The number of H-pyrrole nitrogens is 1. The number of aliphatic hydroxyl groups excluding tert-OH is 1. The summed E-state index contributed by atoms with van der Waals surface area (Å²) in [7, 11) is 0. The van der Waals surface area contributed by atoms with Gasteiger partial charge in [-0.05, 0) is 58.4 Å².